The molecule has 0 saturated carbocycles. The summed E-state index contributed by atoms with van der Waals surface area (Å²) in [6.07, 6.45) is 3.24. The molecule has 9 heteroatoms. The van der Waals surface area contributed by atoms with Crippen LogP contribution in [0.3, 0.4) is 0 Å². The number of nitrogens with one attached hydrogen (secondary N) is 1. The van der Waals surface area contributed by atoms with Crippen molar-refractivity contribution in [1.82, 2.24) is 4.57 Å². The molecule has 2 N–H and O–H groups in total. The van der Waals surface area contributed by atoms with Gasteiger partial charge >= 0.3 is 4.87 Å². The van der Waals surface area contributed by atoms with Gasteiger partial charge in [-0.25, -0.2) is 8.78 Å². The third-order valence-corrected chi connectivity index (χ3v) is 5.16. The van der Waals surface area contributed by atoms with Crippen molar-refractivity contribution in [3.63, 3.8) is 0 Å². The third kappa shape index (κ3) is 3.72. The van der Waals surface area contributed by atoms with Crippen molar-refractivity contribution in [3.05, 3.63) is 74.2 Å². The van der Waals surface area contributed by atoms with E-state index in [9.17, 15) is 23.5 Å². The number of aromatic hydroxyl groups is 1. The van der Waals surface area contributed by atoms with E-state index in [0.29, 0.717) is 6.07 Å². The Bertz CT molecular complexity index is 1240. The number of benzene rings is 2. The van der Waals surface area contributed by atoms with Crippen LogP contribution in [0.5, 0.6) is 5.88 Å². The van der Waals surface area contributed by atoms with Gasteiger partial charge in [0, 0.05) is 23.4 Å². The molecule has 1 amide bonds. The maximum Gasteiger partial charge on any atom is 0.311 e. The Kier molecular flexibility index (Phi) is 4.81. The number of halogens is 2. The zero-order valence-electron chi connectivity index (χ0n) is 14.7. The molecule has 29 heavy (non-hydrogen) atoms. The van der Waals surface area contributed by atoms with Gasteiger partial charge in [-0.3, -0.25) is 19.1 Å². The van der Waals surface area contributed by atoms with Crippen molar-refractivity contribution in [2.45, 2.75) is 6.54 Å². The summed E-state index contributed by atoms with van der Waals surface area (Å²) < 4.78 is 27.5. The lowest BCUT2D eigenvalue weighted by Crippen LogP contribution is -2.24. The second-order valence-corrected chi connectivity index (χ2v) is 7.18. The highest BCUT2D eigenvalue weighted by atomic mass is 32.1. The summed E-state index contributed by atoms with van der Waals surface area (Å²) in [4.78, 5) is 28.4. The molecule has 146 valence electrons. The molecule has 4 rings (SSSR count). The molecule has 0 spiro atoms. The molecule has 1 aromatic heterocycles. The molecule has 0 atom stereocenters. The van der Waals surface area contributed by atoms with Gasteiger partial charge in [0.05, 0.1) is 16.3 Å². The van der Waals surface area contributed by atoms with Crippen molar-refractivity contribution in [2.24, 2.45) is 4.99 Å². The molecule has 0 bridgehead atoms. The van der Waals surface area contributed by atoms with E-state index < -0.39 is 29.0 Å². The number of rotatable bonds is 4. The first-order valence-electron chi connectivity index (χ1n) is 8.45. The SMILES string of the molecule is O=C(Cn1c(O)c(/C=C2\C=Nc3ccccc32)sc1=O)Nc1ccc(F)cc1F. The van der Waals surface area contributed by atoms with Gasteiger partial charge in [0.15, 0.2) is 0 Å². The zero-order valence-corrected chi connectivity index (χ0v) is 15.5. The number of nitrogens with zero attached hydrogens (tertiary/aromatic N) is 2. The fraction of sp³-hybridized carbons (Fsp3) is 0.0500. The van der Waals surface area contributed by atoms with Crippen LogP contribution in [0.25, 0.3) is 11.6 Å². The summed E-state index contributed by atoms with van der Waals surface area (Å²) in [5.74, 6) is -2.83. The monoisotopic (exact) mass is 413 g/mol. The molecular formula is C20H13F2N3O3S. The van der Waals surface area contributed by atoms with Gasteiger partial charge in [0.1, 0.15) is 18.2 Å². The summed E-state index contributed by atoms with van der Waals surface area (Å²) in [6.45, 7) is -0.522. The van der Waals surface area contributed by atoms with E-state index in [1.165, 1.54) is 0 Å². The van der Waals surface area contributed by atoms with Gasteiger partial charge in [0.25, 0.3) is 0 Å². The number of hydrogen-bond acceptors (Lipinski definition) is 5. The first-order valence-corrected chi connectivity index (χ1v) is 9.26. The smallest absolute Gasteiger partial charge is 0.311 e. The summed E-state index contributed by atoms with van der Waals surface area (Å²) in [5, 5.41) is 12.7. The maximum absolute atomic E-state index is 13.7. The Morgan fingerprint density at radius 2 is 2.03 bits per heavy atom. The van der Waals surface area contributed by atoms with Gasteiger partial charge < -0.3 is 10.4 Å². The maximum atomic E-state index is 13.7. The highest BCUT2D eigenvalue weighted by molar-refractivity contribution is 7.10. The van der Waals surface area contributed by atoms with Crippen LogP contribution in [0.4, 0.5) is 20.2 Å². The van der Waals surface area contributed by atoms with Crippen molar-refractivity contribution >= 4 is 46.5 Å². The van der Waals surface area contributed by atoms with E-state index in [4.69, 9.17) is 0 Å². The van der Waals surface area contributed by atoms with Crippen molar-refractivity contribution in [1.29, 1.82) is 0 Å². The number of allylic oxidation sites excluding steroid dienone is 1. The second-order valence-electron chi connectivity index (χ2n) is 6.19. The molecule has 0 aliphatic carbocycles. The number of aromatic nitrogens is 1. The van der Waals surface area contributed by atoms with Crippen LogP contribution in [0.15, 0.2) is 52.3 Å². The number of amides is 1. The van der Waals surface area contributed by atoms with E-state index >= 15 is 0 Å². The number of aliphatic imine (C=N–C) groups is 1. The van der Waals surface area contributed by atoms with E-state index in [1.807, 2.05) is 24.3 Å². The Hall–Kier alpha value is -3.59. The molecular weight excluding hydrogens is 400 g/mol. The van der Waals surface area contributed by atoms with Crippen LogP contribution in [0.2, 0.25) is 0 Å². The summed E-state index contributed by atoms with van der Waals surface area (Å²) >= 11 is 0.772. The van der Waals surface area contributed by atoms with Crippen molar-refractivity contribution < 1.29 is 18.7 Å². The zero-order chi connectivity index (χ0) is 20.5. The normalized spacial score (nSPS) is 13.7. The minimum absolute atomic E-state index is 0.222. The van der Waals surface area contributed by atoms with Gasteiger partial charge in [-0.15, -0.1) is 0 Å². The Balaban J connectivity index is 1.57. The van der Waals surface area contributed by atoms with Crippen LogP contribution in [-0.2, 0) is 11.3 Å². The number of carbonyl (C=O) groups is 1. The average molecular weight is 413 g/mol. The number of anilines is 1. The first kappa shape index (κ1) is 18.8. The average Bonchev–Trinajstić information content (AvgIpc) is 3.21. The Morgan fingerprint density at radius 3 is 2.83 bits per heavy atom. The quantitative estimate of drug-likeness (QED) is 0.683. The lowest BCUT2D eigenvalue weighted by Gasteiger charge is -2.07. The molecule has 0 unspecified atom stereocenters. The van der Waals surface area contributed by atoms with E-state index in [0.717, 1.165) is 44.9 Å². The van der Waals surface area contributed by atoms with E-state index in [1.54, 1.807) is 12.3 Å². The fourth-order valence-electron chi connectivity index (χ4n) is 2.87. The molecule has 3 aromatic rings. The highest BCUT2D eigenvalue weighted by Gasteiger charge is 2.18. The predicted molar refractivity (Wildman–Crippen MR) is 108 cm³/mol. The molecule has 1 aliphatic heterocycles. The fourth-order valence-corrected chi connectivity index (χ4v) is 3.70. The lowest BCUT2D eigenvalue weighted by atomic mass is 10.1. The van der Waals surface area contributed by atoms with Crippen molar-refractivity contribution in [2.75, 3.05) is 5.32 Å². The van der Waals surface area contributed by atoms with Crippen LogP contribution in [0, 0.1) is 11.6 Å². The lowest BCUT2D eigenvalue weighted by molar-refractivity contribution is -0.116. The molecule has 1 aliphatic rings. The summed E-state index contributed by atoms with van der Waals surface area (Å²) in [6, 6.07) is 10.1. The van der Waals surface area contributed by atoms with Crippen molar-refractivity contribution in [3.8, 4) is 5.88 Å². The number of fused-ring (bicyclic) bond motifs is 1. The minimum Gasteiger partial charge on any atom is -0.493 e. The highest BCUT2D eigenvalue weighted by Crippen LogP contribution is 2.34. The van der Waals surface area contributed by atoms with Crippen LogP contribution >= 0.6 is 11.3 Å². The van der Waals surface area contributed by atoms with Crippen LogP contribution in [0.1, 0.15) is 10.4 Å². The Labute approximate surface area is 167 Å². The second kappa shape index (κ2) is 7.44. The van der Waals surface area contributed by atoms with Crippen LogP contribution < -0.4 is 10.2 Å². The number of thiazole rings is 1. The van der Waals surface area contributed by atoms with Crippen LogP contribution in [-0.4, -0.2) is 21.8 Å². The predicted octanol–water partition coefficient (Wildman–Crippen LogP) is 3.79. The van der Waals surface area contributed by atoms with Gasteiger partial charge in [0.2, 0.25) is 11.8 Å². The Morgan fingerprint density at radius 1 is 1.24 bits per heavy atom. The standard InChI is InChI=1S/C20H13F2N3O3S/c21-12-5-6-16(14(22)8-12)24-18(26)10-25-19(27)17(29-20(25)28)7-11-9-23-15-4-2-1-3-13(11)15/h1-9,27H,10H2,(H,24,26)/b11-7+. The van der Waals surface area contributed by atoms with Gasteiger partial charge in [-0.2, -0.15) is 0 Å². The number of para-hydroxylation sites is 1. The number of hydrogen-bond donors (Lipinski definition) is 2. The molecule has 6 nitrogen and oxygen atoms in total. The summed E-state index contributed by atoms with van der Waals surface area (Å²) in [5.41, 5.74) is 2.15. The van der Waals surface area contributed by atoms with E-state index in [-0.39, 0.29) is 16.4 Å². The molecule has 2 aromatic carbocycles. The first-order chi connectivity index (χ1) is 13.9. The number of carbonyl (C=O) groups excluding carboxylic acids is 1. The largest absolute Gasteiger partial charge is 0.493 e. The third-order valence-electron chi connectivity index (χ3n) is 4.25. The molecule has 0 fully saturated rings. The van der Waals surface area contributed by atoms with E-state index in [2.05, 4.69) is 10.3 Å². The minimum atomic E-state index is -0.940. The molecule has 0 saturated heterocycles. The molecule has 2 heterocycles. The van der Waals surface area contributed by atoms with Gasteiger partial charge in [-0.1, -0.05) is 29.5 Å². The topological polar surface area (TPSA) is 83.7 Å². The molecule has 0 radical (unpaired) electrons. The summed E-state index contributed by atoms with van der Waals surface area (Å²) in [7, 11) is 0. The van der Waals surface area contributed by atoms with Gasteiger partial charge in [-0.05, 0) is 24.3 Å².